The zero-order valence-corrected chi connectivity index (χ0v) is 5.49. The molecule has 1 aromatic rings. The highest BCUT2D eigenvalue weighted by Gasteiger charge is 1.93. The first-order chi connectivity index (χ1) is 4.34. The third kappa shape index (κ3) is 1.22. The zero-order valence-electron chi connectivity index (χ0n) is 5.49. The van der Waals surface area contributed by atoms with Crippen LogP contribution in [-0.2, 0) is 0 Å². The first-order valence-electron chi connectivity index (χ1n) is 3.02. The second-order valence-corrected chi connectivity index (χ2v) is 2.06. The highest BCUT2D eigenvalue weighted by molar-refractivity contribution is 4.95. The SMILES string of the molecule is [CH]=CC(C)n1cccc1. The minimum atomic E-state index is 0.306. The van der Waals surface area contributed by atoms with Gasteiger partial charge >= 0.3 is 0 Å². The molecule has 0 N–H and O–H groups in total. The lowest BCUT2D eigenvalue weighted by molar-refractivity contribution is 0.666. The molecule has 0 aliphatic carbocycles. The van der Waals surface area contributed by atoms with Gasteiger partial charge in [0.1, 0.15) is 0 Å². The molecule has 1 rings (SSSR count). The Hall–Kier alpha value is -0.980. The van der Waals surface area contributed by atoms with Gasteiger partial charge in [-0.05, 0) is 19.1 Å². The summed E-state index contributed by atoms with van der Waals surface area (Å²) < 4.78 is 2.04. The van der Waals surface area contributed by atoms with E-state index in [4.69, 9.17) is 6.58 Å². The van der Waals surface area contributed by atoms with Gasteiger partial charge < -0.3 is 4.57 Å². The van der Waals surface area contributed by atoms with E-state index in [0.29, 0.717) is 6.04 Å². The lowest BCUT2D eigenvalue weighted by Gasteiger charge is -2.05. The lowest BCUT2D eigenvalue weighted by atomic mass is 10.3. The van der Waals surface area contributed by atoms with Gasteiger partial charge in [-0.1, -0.05) is 12.7 Å². The number of allylic oxidation sites excluding steroid dienone is 1. The molecular formula is C8H10N. The summed E-state index contributed by atoms with van der Waals surface area (Å²) in [6.45, 7) is 7.36. The Kier molecular flexibility index (Phi) is 1.73. The summed E-state index contributed by atoms with van der Waals surface area (Å²) in [5.74, 6) is 0. The van der Waals surface area contributed by atoms with Gasteiger partial charge in [0.25, 0.3) is 0 Å². The van der Waals surface area contributed by atoms with E-state index in [-0.39, 0.29) is 0 Å². The highest BCUT2D eigenvalue weighted by atomic mass is 15.0. The van der Waals surface area contributed by atoms with Crippen LogP contribution in [0.3, 0.4) is 0 Å². The van der Waals surface area contributed by atoms with Crippen molar-refractivity contribution in [3.8, 4) is 0 Å². The second kappa shape index (κ2) is 2.53. The van der Waals surface area contributed by atoms with Crippen molar-refractivity contribution in [2.75, 3.05) is 0 Å². The van der Waals surface area contributed by atoms with Gasteiger partial charge in [-0.2, -0.15) is 0 Å². The summed E-state index contributed by atoms with van der Waals surface area (Å²) >= 11 is 0. The molecule has 0 spiro atoms. The summed E-state index contributed by atoms with van der Waals surface area (Å²) in [6.07, 6.45) is 5.65. The van der Waals surface area contributed by atoms with Crippen LogP contribution in [0.2, 0.25) is 0 Å². The average molecular weight is 120 g/mol. The summed E-state index contributed by atoms with van der Waals surface area (Å²) in [5, 5.41) is 0. The molecule has 0 saturated carbocycles. The van der Waals surface area contributed by atoms with Crippen LogP contribution in [0.5, 0.6) is 0 Å². The van der Waals surface area contributed by atoms with Crippen molar-refractivity contribution in [2.45, 2.75) is 13.0 Å². The van der Waals surface area contributed by atoms with Gasteiger partial charge in [0, 0.05) is 18.4 Å². The topological polar surface area (TPSA) is 4.93 Å². The van der Waals surface area contributed by atoms with Crippen LogP contribution in [0.25, 0.3) is 0 Å². The van der Waals surface area contributed by atoms with Crippen molar-refractivity contribution in [3.63, 3.8) is 0 Å². The van der Waals surface area contributed by atoms with Crippen LogP contribution in [0.15, 0.2) is 30.6 Å². The van der Waals surface area contributed by atoms with Gasteiger partial charge in [0.15, 0.2) is 0 Å². The van der Waals surface area contributed by atoms with Crippen LogP contribution in [0, 0.1) is 6.58 Å². The fourth-order valence-electron chi connectivity index (χ4n) is 0.719. The molecule has 1 unspecified atom stereocenters. The normalized spacial score (nSPS) is 13.0. The Morgan fingerprint density at radius 2 is 2.00 bits per heavy atom. The molecule has 0 bridgehead atoms. The molecule has 0 fully saturated rings. The Balaban J connectivity index is 2.76. The fraction of sp³-hybridized carbons (Fsp3) is 0.250. The molecule has 1 heteroatoms. The zero-order chi connectivity index (χ0) is 6.69. The maximum atomic E-state index is 5.32. The van der Waals surface area contributed by atoms with E-state index in [2.05, 4.69) is 0 Å². The van der Waals surface area contributed by atoms with E-state index in [1.807, 2.05) is 36.0 Å². The number of hydrogen-bond acceptors (Lipinski definition) is 0. The van der Waals surface area contributed by atoms with Gasteiger partial charge in [-0.15, -0.1) is 0 Å². The molecule has 1 nitrogen and oxygen atoms in total. The first kappa shape index (κ1) is 6.14. The Morgan fingerprint density at radius 1 is 1.44 bits per heavy atom. The molecule has 0 aliphatic heterocycles. The molecule has 1 radical (unpaired) electrons. The quantitative estimate of drug-likeness (QED) is 0.562. The van der Waals surface area contributed by atoms with Crippen molar-refractivity contribution in [1.82, 2.24) is 4.57 Å². The molecule has 47 valence electrons. The van der Waals surface area contributed by atoms with Crippen LogP contribution >= 0.6 is 0 Å². The summed E-state index contributed by atoms with van der Waals surface area (Å²) in [5.41, 5.74) is 0. The molecule has 0 amide bonds. The van der Waals surface area contributed by atoms with Crippen LogP contribution in [0.1, 0.15) is 13.0 Å². The summed E-state index contributed by atoms with van der Waals surface area (Å²) in [6, 6.07) is 4.28. The monoisotopic (exact) mass is 120 g/mol. The fourth-order valence-corrected chi connectivity index (χ4v) is 0.719. The maximum Gasteiger partial charge on any atom is 0.0485 e. The Bertz CT molecular complexity index is 174. The lowest BCUT2D eigenvalue weighted by Crippen LogP contribution is -1.96. The Morgan fingerprint density at radius 3 is 2.44 bits per heavy atom. The largest absolute Gasteiger partial charge is 0.348 e. The number of nitrogens with zero attached hydrogens (tertiary/aromatic N) is 1. The van der Waals surface area contributed by atoms with Crippen molar-refractivity contribution in [3.05, 3.63) is 37.2 Å². The number of aromatic nitrogens is 1. The average Bonchev–Trinajstić information content (AvgIpc) is 2.37. The minimum absolute atomic E-state index is 0.306. The van der Waals surface area contributed by atoms with Crippen molar-refractivity contribution in [2.24, 2.45) is 0 Å². The molecule has 0 saturated heterocycles. The van der Waals surface area contributed by atoms with E-state index in [0.717, 1.165) is 0 Å². The molecule has 1 atom stereocenters. The predicted octanol–water partition coefficient (Wildman–Crippen LogP) is 2.04. The maximum absolute atomic E-state index is 5.32. The van der Waals surface area contributed by atoms with E-state index < -0.39 is 0 Å². The van der Waals surface area contributed by atoms with Crippen molar-refractivity contribution in [1.29, 1.82) is 0 Å². The van der Waals surface area contributed by atoms with E-state index >= 15 is 0 Å². The number of hydrogen-bond donors (Lipinski definition) is 0. The molecule has 1 heterocycles. The van der Waals surface area contributed by atoms with Gasteiger partial charge in [0.2, 0.25) is 0 Å². The van der Waals surface area contributed by atoms with Gasteiger partial charge in [-0.25, -0.2) is 0 Å². The van der Waals surface area contributed by atoms with E-state index in [1.165, 1.54) is 0 Å². The molecule has 9 heavy (non-hydrogen) atoms. The van der Waals surface area contributed by atoms with Crippen LogP contribution in [-0.4, -0.2) is 4.57 Å². The van der Waals surface area contributed by atoms with E-state index in [1.54, 1.807) is 6.08 Å². The van der Waals surface area contributed by atoms with Crippen molar-refractivity contribution < 1.29 is 0 Å². The smallest absolute Gasteiger partial charge is 0.0485 e. The predicted molar refractivity (Wildman–Crippen MR) is 38.0 cm³/mol. The molecular weight excluding hydrogens is 110 g/mol. The molecule has 1 aromatic heterocycles. The van der Waals surface area contributed by atoms with Crippen LogP contribution in [0.4, 0.5) is 0 Å². The first-order valence-corrected chi connectivity index (χ1v) is 3.02. The third-order valence-corrected chi connectivity index (χ3v) is 1.38. The third-order valence-electron chi connectivity index (χ3n) is 1.38. The molecule has 0 aromatic carbocycles. The standard InChI is InChI=1S/C8H10N/c1-3-8(2)9-6-4-5-7-9/h1,3-8H,2H3. The van der Waals surface area contributed by atoms with Crippen molar-refractivity contribution >= 4 is 0 Å². The molecule has 0 aliphatic rings. The number of rotatable bonds is 2. The highest BCUT2D eigenvalue weighted by Crippen LogP contribution is 2.04. The van der Waals surface area contributed by atoms with Gasteiger partial charge in [0.05, 0.1) is 0 Å². The summed E-state index contributed by atoms with van der Waals surface area (Å²) in [7, 11) is 0. The van der Waals surface area contributed by atoms with Crippen LogP contribution < -0.4 is 0 Å². The van der Waals surface area contributed by atoms with Gasteiger partial charge in [-0.3, -0.25) is 0 Å². The van der Waals surface area contributed by atoms with E-state index in [9.17, 15) is 0 Å². The summed E-state index contributed by atoms with van der Waals surface area (Å²) in [4.78, 5) is 0. The minimum Gasteiger partial charge on any atom is -0.348 e. The Labute approximate surface area is 55.6 Å². The second-order valence-electron chi connectivity index (χ2n) is 2.06.